The fourth-order valence-corrected chi connectivity index (χ4v) is 5.07. The van der Waals surface area contributed by atoms with Crippen molar-refractivity contribution in [1.82, 2.24) is 19.7 Å². The number of fused-ring (bicyclic) bond motifs is 1. The van der Waals surface area contributed by atoms with Crippen molar-refractivity contribution >= 4 is 50.6 Å². The molecule has 33 heavy (non-hydrogen) atoms. The highest BCUT2D eigenvalue weighted by Gasteiger charge is 2.22. The maximum absolute atomic E-state index is 13.4. The van der Waals surface area contributed by atoms with Crippen LogP contribution in [0.25, 0.3) is 20.9 Å². The molecule has 0 radical (unpaired) electrons. The summed E-state index contributed by atoms with van der Waals surface area (Å²) in [5, 5.41) is 12.7. The molecule has 0 saturated carbocycles. The molecule has 0 unspecified atom stereocenters. The Bertz CT molecular complexity index is 1430. The molecule has 11 heteroatoms. The molecule has 5 rings (SSSR count). The molecule has 1 aromatic carbocycles. The predicted molar refractivity (Wildman–Crippen MR) is 127 cm³/mol. The lowest BCUT2D eigenvalue weighted by Crippen LogP contribution is -2.15. The Morgan fingerprint density at radius 3 is 2.91 bits per heavy atom. The summed E-state index contributed by atoms with van der Waals surface area (Å²) >= 11 is 2.65. The van der Waals surface area contributed by atoms with Gasteiger partial charge in [-0.05, 0) is 42.5 Å². The molecule has 8 nitrogen and oxygen atoms in total. The maximum Gasteiger partial charge on any atom is 0.234 e. The number of amides is 1. The third kappa shape index (κ3) is 4.45. The molecule has 0 aliphatic rings. The second-order valence-corrected chi connectivity index (χ2v) is 8.96. The van der Waals surface area contributed by atoms with Gasteiger partial charge in [-0.2, -0.15) is 0 Å². The zero-order valence-electron chi connectivity index (χ0n) is 17.1. The number of thiophene rings is 1. The van der Waals surface area contributed by atoms with Crippen LogP contribution in [0.3, 0.4) is 0 Å². The number of thioether (sulfide) groups is 1. The first-order valence-corrected chi connectivity index (χ1v) is 11.7. The van der Waals surface area contributed by atoms with E-state index in [1.165, 1.54) is 41.3 Å². The highest BCUT2D eigenvalue weighted by atomic mass is 32.2. The number of rotatable bonds is 7. The second-order valence-electron chi connectivity index (χ2n) is 7.02. The van der Waals surface area contributed by atoms with E-state index >= 15 is 0 Å². The monoisotopic (exact) mass is 480 g/mol. The van der Waals surface area contributed by atoms with Gasteiger partial charge in [-0.1, -0.05) is 17.8 Å². The van der Waals surface area contributed by atoms with Gasteiger partial charge in [-0.15, -0.1) is 21.5 Å². The number of nitrogens with zero attached hydrogens (tertiary/aromatic N) is 4. The molecule has 5 aromatic rings. The highest BCUT2D eigenvalue weighted by Crippen LogP contribution is 2.40. The van der Waals surface area contributed by atoms with Gasteiger partial charge in [-0.25, -0.2) is 9.37 Å². The normalized spacial score (nSPS) is 11.2. The lowest BCUT2D eigenvalue weighted by atomic mass is 10.2. The quantitative estimate of drug-likeness (QED) is 0.326. The summed E-state index contributed by atoms with van der Waals surface area (Å²) < 4.78 is 20.8. The molecule has 3 N–H and O–H groups in total. The third-order valence-corrected chi connectivity index (χ3v) is 6.85. The smallest absolute Gasteiger partial charge is 0.234 e. The van der Waals surface area contributed by atoms with Crippen molar-refractivity contribution in [3.05, 3.63) is 72.6 Å². The van der Waals surface area contributed by atoms with Crippen LogP contribution >= 0.6 is 23.1 Å². The van der Waals surface area contributed by atoms with Crippen molar-refractivity contribution in [2.45, 2.75) is 11.7 Å². The van der Waals surface area contributed by atoms with Gasteiger partial charge in [0.1, 0.15) is 16.4 Å². The van der Waals surface area contributed by atoms with Gasteiger partial charge in [0.2, 0.25) is 5.91 Å². The number of pyridine rings is 1. The van der Waals surface area contributed by atoms with Crippen molar-refractivity contribution in [1.29, 1.82) is 0 Å². The van der Waals surface area contributed by atoms with Crippen molar-refractivity contribution in [3.63, 3.8) is 0 Å². The molecule has 4 aromatic heterocycles. The lowest BCUT2D eigenvalue weighted by molar-refractivity contribution is -0.113. The van der Waals surface area contributed by atoms with Crippen LogP contribution in [0.15, 0.2) is 70.6 Å². The number of hydrogen-bond donors (Lipinski definition) is 2. The summed E-state index contributed by atoms with van der Waals surface area (Å²) in [7, 11) is 0. The molecule has 0 saturated heterocycles. The summed E-state index contributed by atoms with van der Waals surface area (Å²) in [6.07, 6.45) is 3.31. The number of nitrogens with two attached hydrogens (primary N) is 1. The minimum atomic E-state index is -0.418. The summed E-state index contributed by atoms with van der Waals surface area (Å²) in [6.45, 7) is 0.365. The topological polar surface area (TPSA) is 112 Å². The Balaban J connectivity index is 1.43. The number of hydrogen-bond acceptors (Lipinski definition) is 8. The largest absolute Gasteiger partial charge is 0.467 e. The van der Waals surface area contributed by atoms with Gasteiger partial charge in [0.25, 0.3) is 0 Å². The van der Waals surface area contributed by atoms with E-state index in [9.17, 15) is 9.18 Å². The van der Waals surface area contributed by atoms with Gasteiger partial charge in [0, 0.05) is 17.3 Å². The number of carbonyl (C=O) groups is 1. The number of nitrogen functional groups attached to an aromatic ring is 1. The van der Waals surface area contributed by atoms with E-state index < -0.39 is 5.82 Å². The predicted octanol–water partition coefficient (Wildman–Crippen LogP) is 4.65. The Kier molecular flexibility index (Phi) is 5.80. The first-order chi connectivity index (χ1) is 16.1. The summed E-state index contributed by atoms with van der Waals surface area (Å²) in [6, 6.07) is 13.1. The van der Waals surface area contributed by atoms with E-state index in [1.54, 1.807) is 24.6 Å². The zero-order chi connectivity index (χ0) is 22.8. The Morgan fingerprint density at radius 2 is 2.12 bits per heavy atom. The minimum Gasteiger partial charge on any atom is -0.467 e. The van der Waals surface area contributed by atoms with Crippen LogP contribution in [0.1, 0.15) is 5.76 Å². The zero-order valence-corrected chi connectivity index (χ0v) is 18.7. The molecular formula is C22H17FN6O2S2. The van der Waals surface area contributed by atoms with Gasteiger partial charge in [0.05, 0.1) is 29.1 Å². The molecule has 166 valence electrons. The number of nitrogens with one attached hydrogen (secondary N) is 1. The van der Waals surface area contributed by atoms with E-state index in [4.69, 9.17) is 10.2 Å². The molecule has 0 aliphatic heterocycles. The average Bonchev–Trinajstić information content (AvgIpc) is 3.53. The van der Waals surface area contributed by atoms with E-state index in [1.807, 2.05) is 22.8 Å². The van der Waals surface area contributed by atoms with Crippen molar-refractivity contribution < 1.29 is 13.6 Å². The van der Waals surface area contributed by atoms with Crippen LogP contribution in [0, 0.1) is 5.82 Å². The molecule has 0 spiro atoms. The van der Waals surface area contributed by atoms with E-state index in [0.717, 1.165) is 15.1 Å². The molecule has 0 fully saturated rings. The standard InChI is InChI=1S/C22H17FN6O2S2/c23-13-4-1-5-14(10-13)26-17(30)12-32-22-28-27-20(29(22)11-15-6-3-9-31-15)19-18(24)16-7-2-8-25-21(16)33-19/h1-10H,11-12,24H2,(H,26,30). The van der Waals surface area contributed by atoms with Gasteiger partial charge < -0.3 is 15.5 Å². The van der Waals surface area contributed by atoms with E-state index in [0.29, 0.717) is 34.7 Å². The minimum absolute atomic E-state index is 0.0657. The number of carbonyl (C=O) groups excluding carboxylic acids is 1. The van der Waals surface area contributed by atoms with Crippen molar-refractivity contribution in [2.24, 2.45) is 0 Å². The van der Waals surface area contributed by atoms with Crippen molar-refractivity contribution in [3.8, 4) is 10.7 Å². The van der Waals surface area contributed by atoms with E-state index in [-0.39, 0.29) is 11.7 Å². The SMILES string of the molecule is Nc1c(-c2nnc(SCC(=O)Nc3cccc(F)c3)n2Cc2ccco2)sc2ncccc12. The highest BCUT2D eigenvalue weighted by molar-refractivity contribution is 7.99. The van der Waals surface area contributed by atoms with E-state index in [2.05, 4.69) is 20.5 Å². The van der Waals surface area contributed by atoms with Crippen LogP contribution in [0.2, 0.25) is 0 Å². The van der Waals surface area contributed by atoms with Crippen LogP contribution < -0.4 is 11.1 Å². The Labute approximate surface area is 195 Å². The van der Waals surface area contributed by atoms with Gasteiger partial charge in [0.15, 0.2) is 11.0 Å². The molecular weight excluding hydrogens is 463 g/mol. The number of benzene rings is 1. The summed E-state index contributed by atoms with van der Waals surface area (Å²) in [5.74, 6) is 0.639. The number of aromatic nitrogens is 4. The van der Waals surface area contributed by atoms with Gasteiger partial charge in [-0.3, -0.25) is 9.36 Å². The molecule has 1 amide bonds. The molecule has 4 heterocycles. The van der Waals surface area contributed by atoms with Crippen LogP contribution in [-0.2, 0) is 11.3 Å². The fourth-order valence-electron chi connectivity index (χ4n) is 3.27. The Morgan fingerprint density at radius 1 is 1.21 bits per heavy atom. The third-order valence-electron chi connectivity index (χ3n) is 4.76. The first kappa shape index (κ1) is 21.2. The average molecular weight is 481 g/mol. The first-order valence-electron chi connectivity index (χ1n) is 9.85. The maximum atomic E-state index is 13.4. The molecule has 0 bridgehead atoms. The Hall–Kier alpha value is -3.70. The van der Waals surface area contributed by atoms with Crippen LogP contribution in [0.4, 0.5) is 15.8 Å². The molecule has 0 atom stereocenters. The van der Waals surface area contributed by atoms with Crippen LogP contribution in [0.5, 0.6) is 0 Å². The van der Waals surface area contributed by atoms with Crippen LogP contribution in [-0.4, -0.2) is 31.4 Å². The summed E-state index contributed by atoms with van der Waals surface area (Å²) in [5.41, 5.74) is 7.38. The lowest BCUT2D eigenvalue weighted by Gasteiger charge is -2.09. The number of anilines is 2. The number of halogens is 1. The summed E-state index contributed by atoms with van der Waals surface area (Å²) in [4.78, 5) is 18.4. The fraction of sp³-hybridized carbons (Fsp3) is 0.0909. The second kappa shape index (κ2) is 9.04. The molecule has 0 aliphatic carbocycles. The van der Waals surface area contributed by atoms with Crippen molar-refractivity contribution in [2.75, 3.05) is 16.8 Å². The number of furan rings is 1. The van der Waals surface area contributed by atoms with Gasteiger partial charge >= 0.3 is 0 Å².